The third kappa shape index (κ3) is 2.15. The zero-order valence-electron chi connectivity index (χ0n) is 10.0. The van der Waals surface area contributed by atoms with Crippen molar-refractivity contribution < 1.29 is 9.84 Å². The Kier molecular flexibility index (Phi) is 2.76. The van der Waals surface area contributed by atoms with E-state index in [4.69, 9.17) is 4.74 Å². The molecule has 1 aromatic heterocycles. The summed E-state index contributed by atoms with van der Waals surface area (Å²) in [7, 11) is 0. The maximum atomic E-state index is 9.45. The molecule has 1 aromatic rings. The number of aromatic nitrogens is 1. The highest BCUT2D eigenvalue weighted by molar-refractivity contribution is 5.41. The minimum absolute atomic E-state index is 0.381. The standard InChI is InChI=1S/C13H18N2O2/c1-9(16)10-2-5-13(14-6-10)15-7-11-3-4-12(8-15)17-11/h2,5-6,9,11-12,16H,3-4,7-8H2,1H3/t9-,11?,12?/m0/s1. The number of morpholine rings is 1. The molecule has 0 amide bonds. The maximum absolute atomic E-state index is 9.45. The first-order valence-electron chi connectivity index (χ1n) is 6.27. The Morgan fingerprint density at radius 1 is 1.35 bits per heavy atom. The van der Waals surface area contributed by atoms with Crippen molar-refractivity contribution in [3.8, 4) is 0 Å². The monoisotopic (exact) mass is 234 g/mol. The molecular weight excluding hydrogens is 216 g/mol. The summed E-state index contributed by atoms with van der Waals surface area (Å²) in [4.78, 5) is 6.72. The quantitative estimate of drug-likeness (QED) is 0.842. The molecule has 2 fully saturated rings. The first-order valence-corrected chi connectivity index (χ1v) is 6.27. The molecule has 2 bridgehead atoms. The number of aliphatic hydroxyl groups excluding tert-OH is 1. The molecule has 17 heavy (non-hydrogen) atoms. The van der Waals surface area contributed by atoms with Crippen LogP contribution in [0.2, 0.25) is 0 Å². The maximum Gasteiger partial charge on any atom is 0.128 e. The van der Waals surface area contributed by atoms with E-state index in [0.717, 1.165) is 24.5 Å². The summed E-state index contributed by atoms with van der Waals surface area (Å²) in [5.74, 6) is 0.995. The summed E-state index contributed by atoms with van der Waals surface area (Å²) in [6.45, 7) is 3.64. The number of rotatable bonds is 2. The van der Waals surface area contributed by atoms with Crippen LogP contribution in [0.1, 0.15) is 31.4 Å². The van der Waals surface area contributed by atoms with Crippen LogP contribution in [-0.4, -0.2) is 35.4 Å². The first-order chi connectivity index (χ1) is 8.22. The Balaban J connectivity index is 1.75. The molecule has 3 rings (SSSR count). The Morgan fingerprint density at radius 3 is 2.59 bits per heavy atom. The molecule has 0 saturated carbocycles. The van der Waals surface area contributed by atoms with Gasteiger partial charge in [-0.1, -0.05) is 6.07 Å². The van der Waals surface area contributed by atoms with Crippen molar-refractivity contribution in [3.05, 3.63) is 23.9 Å². The lowest BCUT2D eigenvalue weighted by Gasteiger charge is -2.33. The van der Waals surface area contributed by atoms with Crippen LogP contribution in [0.15, 0.2) is 18.3 Å². The Hall–Kier alpha value is -1.13. The van der Waals surface area contributed by atoms with Gasteiger partial charge in [-0.05, 0) is 31.4 Å². The fourth-order valence-corrected chi connectivity index (χ4v) is 2.63. The SMILES string of the molecule is C[C@H](O)c1ccc(N2CC3CCC(C2)O3)nc1. The summed E-state index contributed by atoms with van der Waals surface area (Å²) in [6.07, 6.45) is 4.42. The molecule has 0 aliphatic carbocycles. The van der Waals surface area contributed by atoms with Gasteiger partial charge in [-0.2, -0.15) is 0 Å². The van der Waals surface area contributed by atoms with Crippen LogP contribution in [0.5, 0.6) is 0 Å². The van der Waals surface area contributed by atoms with Gasteiger partial charge >= 0.3 is 0 Å². The lowest BCUT2D eigenvalue weighted by molar-refractivity contribution is 0.0302. The second kappa shape index (κ2) is 4.27. The predicted octanol–water partition coefficient (Wildman–Crippen LogP) is 1.50. The number of anilines is 1. The molecule has 2 unspecified atom stereocenters. The number of hydrogen-bond acceptors (Lipinski definition) is 4. The van der Waals surface area contributed by atoms with Crippen molar-refractivity contribution in [1.82, 2.24) is 4.98 Å². The van der Waals surface area contributed by atoms with Gasteiger partial charge in [-0.15, -0.1) is 0 Å². The number of hydrogen-bond donors (Lipinski definition) is 1. The van der Waals surface area contributed by atoms with Gasteiger partial charge in [0, 0.05) is 19.3 Å². The molecule has 0 aromatic carbocycles. The van der Waals surface area contributed by atoms with E-state index in [1.54, 1.807) is 13.1 Å². The molecule has 4 heteroatoms. The normalized spacial score (nSPS) is 29.4. The summed E-state index contributed by atoms with van der Waals surface area (Å²) in [6, 6.07) is 3.94. The van der Waals surface area contributed by atoms with Crippen molar-refractivity contribution >= 4 is 5.82 Å². The van der Waals surface area contributed by atoms with Crippen LogP contribution < -0.4 is 4.90 Å². The lowest BCUT2D eigenvalue weighted by Crippen LogP contribution is -2.43. The Labute approximate surface area is 101 Å². The van der Waals surface area contributed by atoms with Gasteiger partial charge in [0.1, 0.15) is 5.82 Å². The molecule has 92 valence electrons. The van der Waals surface area contributed by atoms with E-state index >= 15 is 0 Å². The van der Waals surface area contributed by atoms with Crippen LogP contribution in [0.4, 0.5) is 5.82 Å². The number of nitrogens with zero attached hydrogens (tertiary/aromatic N) is 2. The van der Waals surface area contributed by atoms with E-state index in [2.05, 4.69) is 9.88 Å². The summed E-state index contributed by atoms with van der Waals surface area (Å²) in [5.41, 5.74) is 0.866. The molecule has 2 saturated heterocycles. The molecule has 3 atom stereocenters. The van der Waals surface area contributed by atoms with Gasteiger partial charge in [-0.25, -0.2) is 4.98 Å². The Morgan fingerprint density at radius 2 is 2.06 bits per heavy atom. The van der Waals surface area contributed by atoms with Gasteiger partial charge in [0.2, 0.25) is 0 Å². The summed E-state index contributed by atoms with van der Waals surface area (Å²) >= 11 is 0. The summed E-state index contributed by atoms with van der Waals surface area (Å²) < 4.78 is 5.80. The zero-order valence-corrected chi connectivity index (χ0v) is 10.0. The van der Waals surface area contributed by atoms with Gasteiger partial charge in [0.25, 0.3) is 0 Å². The molecule has 4 nitrogen and oxygen atoms in total. The molecule has 0 spiro atoms. The van der Waals surface area contributed by atoms with Crippen molar-refractivity contribution in [2.45, 2.75) is 38.1 Å². The minimum atomic E-state index is -0.447. The fourth-order valence-electron chi connectivity index (χ4n) is 2.63. The van der Waals surface area contributed by atoms with Crippen LogP contribution in [-0.2, 0) is 4.74 Å². The van der Waals surface area contributed by atoms with Gasteiger partial charge in [0.05, 0.1) is 18.3 Å². The van der Waals surface area contributed by atoms with Crippen LogP contribution in [0.3, 0.4) is 0 Å². The zero-order chi connectivity index (χ0) is 11.8. The largest absolute Gasteiger partial charge is 0.389 e. The second-order valence-corrected chi connectivity index (χ2v) is 4.99. The van der Waals surface area contributed by atoms with E-state index < -0.39 is 6.10 Å². The van der Waals surface area contributed by atoms with E-state index in [1.165, 1.54) is 12.8 Å². The topological polar surface area (TPSA) is 45.6 Å². The molecule has 2 aliphatic heterocycles. The van der Waals surface area contributed by atoms with Gasteiger partial charge < -0.3 is 14.7 Å². The van der Waals surface area contributed by atoms with E-state index in [9.17, 15) is 5.11 Å². The van der Waals surface area contributed by atoms with Crippen molar-refractivity contribution in [2.75, 3.05) is 18.0 Å². The lowest BCUT2D eigenvalue weighted by atomic mass is 10.2. The molecule has 3 heterocycles. The van der Waals surface area contributed by atoms with Crippen molar-refractivity contribution in [2.24, 2.45) is 0 Å². The first kappa shape index (κ1) is 11.0. The molecule has 2 aliphatic rings. The molecular formula is C13H18N2O2. The highest BCUT2D eigenvalue weighted by Gasteiger charge is 2.34. The van der Waals surface area contributed by atoms with Gasteiger partial charge in [0.15, 0.2) is 0 Å². The molecule has 1 N–H and O–H groups in total. The van der Waals surface area contributed by atoms with Crippen molar-refractivity contribution in [3.63, 3.8) is 0 Å². The number of aliphatic hydroxyl groups is 1. The van der Waals surface area contributed by atoms with E-state index in [0.29, 0.717) is 12.2 Å². The number of pyridine rings is 1. The van der Waals surface area contributed by atoms with E-state index in [-0.39, 0.29) is 0 Å². The highest BCUT2D eigenvalue weighted by atomic mass is 16.5. The third-order valence-electron chi connectivity index (χ3n) is 3.62. The van der Waals surface area contributed by atoms with Crippen molar-refractivity contribution in [1.29, 1.82) is 0 Å². The highest BCUT2D eigenvalue weighted by Crippen LogP contribution is 2.28. The second-order valence-electron chi connectivity index (χ2n) is 4.99. The van der Waals surface area contributed by atoms with Crippen LogP contribution in [0, 0.1) is 0 Å². The average Bonchev–Trinajstić information content (AvgIpc) is 2.68. The predicted molar refractivity (Wildman–Crippen MR) is 65.0 cm³/mol. The summed E-state index contributed by atoms with van der Waals surface area (Å²) in [5, 5.41) is 9.45. The number of fused-ring (bicyclic) bond motifs is 2. The average molecular weight is 234 g/mol. The minimum Gasteiger partial charge on any atom is -0.389 e. The Bertz CT molecular complexity index is 379. The third-order valence-corrected chi connectivity index (χ3v) is 3.62. The van der Waals surface area contributed by atoms with Crippen LogP contribution in [0.25, 0.3) is 0 Å². The number of ether oxygens (including phenoxy) is 1. The van der Waals surface area contributed by atoms with E-state index in [1.807, 2.05) is 12.1 Å². The fraction of sp³-hybridized carbons (Fsp3) is 0.615. The molecule has 0 radical (unpaired) electrons. The van der Waals surface area contributed by atoms with Crippen LogP contribution >= 0.6 is 0 Å². The van der Waals surface area contributed by atoms with Gasteiger partial charge in [-0.3, -0.25) is 0 Å². The smallest absolute Gasteiger partial charge is 0.128 e.